The number of alkyl carbamates (subject to hydrolysis) is 1. The summed E-state index contributed by atoms with van der Waals surface area (Å²) in [6.45, 7) is 0.275. The fourth-order valence-corrected chi connectivity index (χ4v) is 6.69. The zero-order valence-electron chi connectivity index (χ0n) is 19.6. The zero-order valence-corrected chi connectivity index (χ0v) is 19.6. The van der Waals surface area contributed by atoms with E-state index in [9.17, 15) is 19.5 Å². The van der Waals surface area contributed by atoms with Crippen molar-refractivity contribution in [2.75, 3.05) is 6.61 Å². The summed E-state index contributed by atoms with van der Waals surface area (Å²) in [6, 6.07) is 16.5. The van der Waals surface area contributed by atoms with Gasteiger partial charge >= 0.3 is 12.1 Å². The van der Waals surface area contributed by atoms with E-state index in [2.05, 4.69) is 29.6 Å². The van der Waals surface area contributed by atoms with Gasteiger partial charge in [0.05, 0.1) is 5.92 Å². The molecule has 0 spiro atoms. The first-order chi connectivity index (χ1) is 17.0. The smallest absolute Gasteiger partial charge is 0.407 e. The standard InChI is InChI=1S/C28H30N2O5/c31-26(30-19-9-10-20(30)14-17(13-19)27(32)33)16-11-18(12-16)29-28(34)35-15-25-23-7-3-1-5-21(23)22-6-2-4-8-24(22)25/h1-8,16-20,25H,9-15H2,(H,29,34)(H,32,33). The largest absolute Gasteiger partial charge is 0.481 e. The molecule has 4 aliphatic rings. The van der Waals surface area contributed by atoms with Crippen molar-refractivity contribution in [1.29, 1.82) is 0 Å². The molecule has 35 heavy (non-hydrogen) atoms. The van der Waals surface area contributed by atoms with Crippen molar-refractivity contribution in [2.45, 2.75) is 62.6 Å². The van der Waals surface area contributed by atoms with Crippen LogP contribution < -0.4 is 5.32 Å². The lowest BCUT2D eigenvalue weighted by molar-refractivity contribution is -0.151. The van der Waals surface area contributed by atoms with Crippen LogP contribution in [0, 0.1) is 11.8 Å². The molecule has 2 unspecified atom stereocenters. The van der Waals surface area contributed by atoms with E-state index in [0.29, 0.717) is 25.7 Å². The van der Waals surface area contributed by atoms with Crippen molar-refractivity contribution in [3.05, 3.63) is 59.7 Å². The van der Waals surface area contributed by atoms with Gasteiger partial charge < -0.3 is 20.1 Å². The van der Waals surface area contributed by atoms with E-state index < -0.39 is 12.1 Å². The number of amides is 2. The van der Waals surface area contributed by atoms with Gasteiger partial charge in [-0.3, -0.25) is 9.59 Å². The molecule has 3 fully saturated rings. The molecule has 0 radical (unpaired) electrons. The van der Waals surface area contributed by atoms with Crippen LogP contribution in [0.2, 0.25) is 0 Å². The Morgan fingerprint density at radius 1 is 0.857 bits per heavy atom. The molecule has 2 amide bonds. The maximum atomic E-state index is 13.1. The number of ether oxygens (including phenoxy) is 1. The highest BCUT2D eigenvalue weighted by Crippen LogP contribution is 2.45. The number of nitrogens with one attached hydrogen (secondary N) is 1. The summed E-state index contributed by atoms with van der Waals surface area (Å²) >= 11 is 0. The molecular weight excluding hydrogens is 444 g/mol. The number of hydrogen-bond donors (Lipinski definition) is 2. The van der Waals surface area contributed by atoms with Gasteiger partial charge in [-0.05, 0) is 60.8 Å². The molecule has 2 atom stereocenters. The number of piperidine rings is 1. The molecule has 2 aromatic carbocycles. The van der Waals surface area contributed by atoms with E-state index in [1.165, 1.54) is 22.3 Å². The normalized spacial score (nSPS) is 28.6. The highest BCUT2D eigenvalue weighted by molar-refractivity contribution is 5.82. The van der Waals surface area contributed by atoms with Gasteiger partial charge in [0.2, 0.25) is 5.91 Å². The second-order valence-electron chi connectivity index (χ2n) is 10.5. The minimum atomic E-state index is -0.745. The van der Waals surface area contributed by atoms with Crippen molar-refractivity contribution in [3.63, 3.8) is 0 Å². The summed E-state index contributed by atoms with van der Waals surface area (Å²) < 4.78 is 5.64. The van der Waals surface area contributed by atoms with Crippen LogP contribution in [-0.2, 0) is 14.3 Å². The SMILES string of the molecule is O=C(NC1CC(C(=O)N2C3CCC2CC(C(=O)O)C3)C1)OCC1c2ccccc2-c2ccccc21. The number of aliphatic carboxylic acids is 1. The zero-order chi connectivity index (χ0) is 24.1. The van der Waals surface area contributed by atoms with Crippen LogP contribution in [0.15, 0.2) is 48.5 Å². The predicted octanol–water partition coefficient (Wildman–Crippen LogP) is 4.16. The Hall–Kier alpha value is -3.35. The van der Waals surface area contributed by atoms with Crippen molar-refractivity contribution < 1.29 is 24.2 Å². The summed E-state index contributed by atoms with van der Waals surface area (Å²) in [5.41, 5.74) is 4.74. The lowest BCUT2D eigenvalue weighted by Crippen LogP contribution is -2.55. The number of carbonyl (C=O) groups excluding carboxylic acids is 2. The number of benzene rings is 2. The first-order valence-corrected chi connectivity index (χ1v) is 12.7. The number of rotatable bonds is 5. The maximum absolute atomic E-state index is 13.1. The Balaban J connectivity index is 1.01. The van der Waals surface area contributed by atoms with Crippen LogP contribution in [0.5, 0.6) is 0 Å². The van der Waals surface area contributed by atoms with Crippen molar-refractivity contribution in [2.24, 2.45) is 11.8 Å². The van der Waals surface area contributed by atoms with Crippen LogP contribution in [0.1, 0.15) is 55.6 Å². The third-order valence-electron chi connectivity index (χ3n) is 8.49. The van der Waals surface area contributed by atoms with E-state index in [0.717, 1.165) is 12.8 Å². The lowest BCUT2D eigenvalue weighted by atomic mass is 9.78. The third-order valence-corrected chi connectivity index (χ3v) is 8.49. The monoisotopic (exact) mass is 474 g/mol. The molecular formula is C28H30N2O5. The van der Waals surface area contributed by atoms with Crippen molar-refractivity contribution in [1.82, 2.24) is 10.2 Å². The third kappa shape index (κ3) is 3.87. The average Bonchev–Trinajstić information content (AvgIpc) is 3.29. The van der Waals surface area contributed by atoms with Crippen molar-refractivity contribution in [3.8, 4) is 11.1 Å². The van der Waals surface area contributed by atoms with Crippen LogP contribution in [0.25, 0.3) is 11.1 Å². The second-order valence-corrected chi connectivity index (χ2v) is 10.5. The number of nitrogens with zero attached hydrogens (tertiary/aromatic N) is 1. The van der Waals surface area contributed by atoms with Gasteiger partial charge in [0.25, 0.3) is 0 Å². The second kappa shape index (κ2) is 8.70. The molecule has 2 heterocycles. The summed E-state index contributed by atoms with van der Waals surface area (Å²) in [6.07, 6.45) is 3.70. The van der Waals surface area contributed by atoms with Gasteiger partial charge in [0.15, 0.2) is 0 Å². The Morgan fingerprint density at radius 3 is 2.00 bits per heavy atom. The highest BCUT2D eigenvalue weighted by atomic mass is 16.5. The summed E-state index contributed by atoms with van der Waals surface area (Å²) in [5, 5.41) is 12.3. The fourth-order valence-electron chi connectivity index (χ4n) is 6.69. The first kappa shape index (κ1) is 22.1. The van der Waals surface area contributed by atoms with Gasteiger partial charge in [0, 0.05) is 30.0 Å². The number of carbonyl (C=O) groups is 3. The van der Waals surface area contributed by atoms with Gasteiger partial charge in [0.1, 0.15) is 6.61 Å². The molecule has 2 N–H and O–H groups in total. The van der Waals surface area contributed by atoms with Gasteiger partial charge in [-0.2, -0.15) is 0 Å². The van der Waals surface area contributed by atoms with Gasteiger partial charge in [-0.15, -0.1) is 0 Å². The van der Waals surface area contributed by atoms with Crippen LogP contribution in [0.4, 0.5) is 4.79 Å². The van der Waals surface area contributed by atoms with Crippen LogP contribution >= 0.6 is 0 Å². The first-order valence-electron chi connectivity index (χ1n) is 12.7. The molecule has 2 aliphatic heterocycles. The average molecular weight is 475 g/mol. The number of fused-ring (bicyclic) bond motifs is 5. The summed E-state index contributed by atoms with van der Waals surface area (Å²) in [7, 11) is 0. The van der Waals surface area contributed by atoms with E-state index in [4.69, 9.17) is 4.74 Å². The Morgan fingerprint density at radius 2 is 1.43 bits per heavy atom. The summed E-state index contributed by atoms with van der Waals surface area (Å²) in [4.78, 5) is 39.0. The van der Waals surface area contributed by atoms with E-state index in [1.807, 2.05) is 29.2 Å². The molecule has 2 bridgehead atoms. The molecule has 7 nitrogen and oxygen atoms in total. The highest BCUT2D eigenvalue weighted by Gasteiger charge is 2.48. The van der Waals surface area contributed by atoms with Gasteiger partial charge in [-0.1, -0.05) is 48.5 Å². The molecule has 2 aliphatic carbocycles. The molecule has 0 aromatic heterocycles. The molecule has 7 heteroatoms. The van der Waals surface area contributed by atoms with E-state index in [-0.39, 0.29) is 48.4 Å². The van der Waals surface area contributed by atoms with E-state index >= 15 is 0 Å². The number of carboxylic acids is 1. The topological polar surface area (TPSA) is 95.9 Å². The lowest BCUT2D eigenvalue weighted by Gasteiger charge is -2.43. The van der Waals surface area contributed by atoms with Crippen molar-refractivity contribution >= 4 is 18.0 Å². The molecule has 1 saturated carbocycles. The Labute approximate surface area is 204 Å². The molecule has 182 valence electrons. The Bertz CT molecular complexity index is 1110. The number of carboxylic acid groups (broad SMARTS) is 1. The maximum Gasteiger partial charge on any atom is 0.407 e. The molecule has 6 rings (SSSR count). The van der Waals surface area contributed by atoms with Crippen LogP contribution in [-0.4, -0.2) is 52.7 Å². The molecule has 2 aromatic rings. The fraction of sp³-hybridized carbons (Fsp3) is 0.464. The summed E-state index contributed by atoms with van der Waals surface area (Å²) in [5.74, 6) is -1.02. The molecule has 2 saturated heterocycles. The van der Waals surface area contributed by atoms with E-state index in [1.54, 1.807) is 0 Å². The Kier molecular flexibility index (Phi) is 5.50. The van der Waals surface area contributed by atoms with Gasteiger partial charge in [-0.25, -0.2) is 4.79 Å². The quantitative estimate of drug-likeness (QED) is 0.679. The predicted molar refractivity (Wildman–Crippen MR) is 129 cm³/mol. The van der Waals surface area contributed by atoms with Crippen LogP contribution in [0.3, 0.4) is 0 Å². The minimum absolute atomic E-state index is 0.0214. The minimum Gasteiger partial charge on any atom is -0.481 e. The number of hydrogen-bond acceptors (Lipinski definition) is 4.